The standard InChI is InChI=1S/C12H10ClFN4S/c1-6-4-10(11(15)19)18-12(16-6)17-7-2-3-9(14)8(13)5-7/h2-5H,1H3,(H2,15,19)(H,16,17,18). The molecule has 0 amide bonds. The third-order valence-electron chi connectivity index (χ3n) is 2.28. The lowest BCUT2D eigenvalue weighted by Crippen LogP contribution is -2.13. The predicted octanol–water partition coefficient (Wildman–Crippen LogP) is 2.96. The zero-order chi connectivity index (χ0) is 14.0. The molecule has 0 fully saturated rings. The highest BCUT2D eigenvalue weighted by molar-refractivity contribution is 7.80. The van der Waals surface area contributed by atoms with Crippen LogP contribution in [0.3, 0.4) is 0 Å². The number of anilines is 2. The monoisotopic (exact) mass is 296 g/mol. The largest absolute Gasteiger partial charge is 0.388 e. The van der Waals surface area contributed by atoms with E-state index in [-0.39, 0.29) is 10.0 Å². The smallest absolute Gasteiger partial charge is 0.228 e. The number of aromatic nitrogens is 2. The Hall–Kier alpha value is -1.79. The van der Waals surface area contributed by atoms with Crippen molar-refractivity contribution in [3.8, 4) is 0 Å². The number of nitrogens with two attached hydrogens (primary N) is 1. The zero-order valence-electron chi connectivity index (χ0n) is 9.95. The maximum Gasteiger partial charge on any atom is 0.228 e. The van der Waals surface area contributed by atoms with Crippen molar-refractivity contribution in [2.24, 2.45) is 5.73 Å². The van der Waals surface area contributed by atoms with Crippen LogP contribution in [-0.4, -0.2) is 15.0 Å². The van der Waals surface area contributed by atoms with Gasteiger partial charge >= 0.3 is 0 Å². The lowest BCUT2D eigenvalue weighted by Gasteiger charge is -2.08. The van der Waals surface area contributed by atoms with Gasteiger partial charge in [0.25, 0.3) is 0 Å². The number of hydrogen-bond acceptors (Lipinski definition) is 4. The molecule has 0 bridgehead atoms. The molecule has 0 saturated heterocycles. The molecular formula is C12H10ClFN4S. The Balaban J connectivity index is 2.32. The summed E-state index contributed by atoms with van der Waals surface area (Å²) in [6.07, 6.45) is 0. The first-order chi connectivity index (χ1) is 8.95. The Kier molecular flexibility index (Phi) is 3.92. The quantitative estimate of drug-likeness (QED) is 0.853. The molecule has 1 aromatic heterocycles. The summed E-state index contributed by atoms with van der Waals surface area (Å²) in [4.78, 5) is 8.53. The summed E-state index contributed by atoms with van der Waals surface area (Å²) in [6.45, 7) is 1.80. The molecule has 1 heterocycles. The Bertz CT molecular complexity index is 648. The van der Waals surface area contributed by atoms with Gasteiger partial charge in [0, 0.05) is 11.4 Å². The van der Waals surface area contributed by atoms with Crippen LogP contribution >= 0.6 is 23.8 Å². The molecule has 0 aliphatic carbocycles. The van der Waals surface area contributed by atoms with Gasteiger partial charge < -0.3 is 11.1 Å². The van der Waals surface area contributed by atoms with Gasteiger partial charge in [-0.15, -0.1) is 0 Å². The van der Waals surface area contributed by atoms with E-state index >= 15 is 0 Å². The van der Waals surface area contributed by atoms with Crippen LogP contribution in [0.5, 0.6) is 0 Å². The predicted molar refractivity (Wildman–Crippen MR) is 77.3 cm³/mol. The number of rotatable bonds is 3. The third-order valence-corrected chi connectivity index (χ3v) is 2.78. The molecule has 0 radical (unpaired) electrons. The van der Waals surface area contributed by atoms with Crippen LogP contribution in [0.25, 0.3) is 0 Å². The molecule has 0 aliphatic rings. The molecule has 4 nitrogen and oxygen atoms in total. The summed E-state index contributed by atoms with van der Waals surface area (Å²) in [6, 6.07) is 5.93. The maximum atomic E-state index is 13.0. The fourth-order valence-electron chi connectivity index (χ4n) is 1.45. The summed E-state index contributed by atoms with van der Waals surface area (Å²) < 4.78 is 13.0. The van der Waals surface area contributed by atoms with Gasteiger partial charge in [-0.1, -0.05) is 23.8 Å². The molecule has 0 atom stereocenters. The molecular weight excluding hydrogens is 287 g/mol. The number of aryl methyl sites for hydroxylation is 1. The minimum Gasteiger partial charge on any atom is -0.388 e. The van der Waals surface area contributed by atoms with Gasteiger partial charge in [0.15, 0.2) is 0 Å². The van der Waals surface area contributed by atoms with Crippen LogP contribution in [0.4, 0.5) is 16.0 Å². The Morgan fingerprint density at radius 2 is 2.11 bits per heavy atom. The molecule has 0 spiro atoms. The Morgan fingerprint density at radius 1 is 1.37 bits per heavy atom. The van der Waals surface area contributed by atoms with E-state index in [1.54, 1.807) is 13.0 Å². The SMILES string of the molecule is Cc1cc(C(N)=S)nc(Nc2ccc(F)c(Cl)c2)n1. The first-order valence-corrected chi connectivity index (χ1v) is 6.12. The van der Waals surface area contributed by atoms with E-state index in [0.717, 1.165) is 0 Å². The first-order valence-electron chi connectivity index (χ1n) is 5.33. The summed E-state index contributed by atoms with van der Waals surface area (Å²) >= 11 is 10.6. The zero-order valence-corrected chi connectivity index (χ0v) is 11.5. The van der Waals surface area contributed by atoms with E-state index in [1.165, 1.54) is 18.2 Å². The topological polar surface area (TPSA) is 63.8 Å². The van der Waals surface area contributed by atoms with E-state index in [0.29, 0.717) is 23.0 Å². The highest BCUT2D eigenvalue weighted by Crippen LogP contribution is 2.21. The lowest BCUT2D eigenvalue weighted by atomic mass is 10.3. The number of thiocarbonyl (C=S) groups is 1. The van der Waals surface area contributed by atoms with Gasteiger partial charge in [-0.2, -0.15) is 0 Å². The Morgan fingerprint density at radius 3 is 2.74 bits per heavy atom. The number of nitrogens with zero attached hydrogens (tertiary/aromatic N) is 2. The Labute approximate surface area is 119 Å². The van der Waals surface area contributed by atoms with Crippen LogP contribution in [0, 0.1) is 12.7 Å². The highest BCUT2D eigenvalue weighted by atomic mass is 35.5. The molecule has 19 heavy (non-hydrogen) atoms. The van der Waals surface area contributed by atoms with Crippen LogP contribution in [0.1, 0.15) is 11.4 Å². The summed E-state index contributed by atoms with van der Waals surface area (Å²) in [5.41, 5.74) is 7.29. The first kappa shape index (κ1) is 13.6. The number of halogens is 2. The molecule has 98 valence electrons. The van der Waals surface area contributed by atoms with E-state index < -0.39 is 5.82 Å². The molecule has 2 aromatic rings. The van der Waals surface area contributed by atoms with Crippen molar-refractivity contribution in [1.29, 1.82) is 0 Å². The minimum atomic E-state index is -0.485. The van der Waals surface area contributed by atoms with Crippen molar-refractivity contribution in [2.45, 2.75) is 6.92 Å². The molecule has 3 N–H and O–H groups in total. The van der Waals surface area contributed by atoms with Gasteiger partial charge in [0.1, 0.15) is 16.5 Å². The number of hydrogen-bond donors (Lipinski definition) is 2. The molecule has 1 aromatic carbocycles. The fourth-order valence-corrected chi connectivity index (χ4v) is 1.74. The second-order valence-electron chi connectivity index (χ2n) is 3.84. The van der Waals surface area contributed by atoms with E-state index in [4.69, 9.17) is 29.6 Å². The van der Waals surface area contributed by atoms with Gasteiger partial charge in [-0.25, -0.2) is 14.4 Å². The second kappa shape index (κ2) is 5.46. The minimum absolute atomic E-state index is 0.0206. The van der Waals surface area contributed by atoms with Crippen molar-refractivity contribution in [3.63, 3.8) is 0 Å². The van der Waals surface area contributed by atoms with Crippen molar-refractivity contribution in [3.05, 3.63) is 46.5 Å². The molecule has 0 unspecified atom stereocenters. The molecule has 0 aliphatic heterocycles. The van der Waals surface area contributed by atoms with Gasteiger partial charge in [-0.05, 0) is 31.2 Å². The normalized spacial score (nSPS) is 10.3. The van der Waals surface area contributed by atoms with Crippen LogP contribution in [0.15, 0.2) is 24.3 Å². The van der Waals surface area contributed by atoms with E-state index in [2.05, 4.69) is 15.3 Å². The second-order valence-corrected chi connectivity index (χ2v) is 4.68. The average molecular weight is 297 g/mol. The van der Waals surface area contributed by atoms with E-state index in [9.17, 15) is 4.39 Å². The van der Waals surface area contributed by atoms with Crippen molar-refractivity contribution in [1.82, 2.24) is 9.97 Å². The molecule has 0 saturated carbocycles. The summed E-state index contributed by atoms with van der Waals surface area (Å²) in [5, 5.41) is 2.94. The fraction of sp³-hybridized carbons (Fsp3) is 0.0833. The number of nitrogens with one attached hydrogen (secondary N) is 1. The number of benzene rings is 1. The summed E-state index contributed by atoms with van der Waals surface area (Å²) in [5.74, 6) is -0.160. The lowest BCUT2D eigenvalue weighted by molar-refractivity contribution is 0.628. The molecule has 7 heteroatoms. The van der Waals surface area contributed by atoms with Crippen LogP contribution in [-0.2, 0) is 0 Å². The van der Waals surface area contributed by atoms with E-state index in [1.807, 2.05) is 0 Å². The summed E-state index contributed by atoms with van der Waals surface area (Å²) in [7, 11) is 0. The van der Waals surface area contributed by atoms with Crippen LogP contribution in [0.2, 0.25) is 5.02 Å². The maximum absolute atomic E-state index is 13.0. The van der Waals surface area contributed by atoms with Crippen molar-refractivity contribution < 1.29 is 4.39 Å². The highest BCUT2D eigenvalue weighted by Gasteiger charge is 2.06. The van der Waals surface area contributed by atoms with Crippen molar-refractivity contribution in [2.75, 3.05) is 5.32 Å². The van der Waals surface area contributed by atoms with Gasteiger partial charge in [0.05, 0.1) is 5.02 Å². The van der Waals surface area contributed by atoms with Gasteiger partial charge in [0.2, 0.25) is 5.95 Å². The van der Waals surface area contributed by atoms with Crippen LogP contribution < -0.4 is 11.1 Å². The van der Waals surface area contributed by atoms with Crippen molar-refractivity contribution >= 4 is 40.4 Å². The third kappa shape index (κ3) is 3.36. The van der Waals surface area contributed by atoms with Gasteiger partial charge in [-0.3, -0.25) is 0 Å². The average Bonchev–Trinajstić information content (AvgIpc) is 2.33. The molecule has 2 rings (SSSR count).